The van der Waals surface area contributed by atoms with Gasteiger partial charge in [0.05, 0.1) is 23.3 Å². The number of benzene rings is 4. The number of anilines is 1. The number of hydrogen-bond acceptors (Lipinski definition) is 4. The SMILES string of the molecule is CCOc1ccc2ccccc2c1C(=O)Nc1n[nH]c2ccc(OCc3c(F)cccc3F)cc12. The number of carbonyl (C=O) groups is 1. The number of ether oxygens (including phenoxy) is 2. The third-order valence-electron chi connectivity index (χ3n) is 5.63. The van der Waals surface area contributed by atoms with E-state index in [2.05, 4.69) is 15.5 Å². The molecule has 0 spiro atoms. The van der Waals surface area contributed by atoms with E-state index in [0.717, 1.165) is 10.8 Å². The van der Waals surface area contributed by atoms with Gasteiger partial charge in [-0.05, 0) is 54.1 Å². The first kappa shape index (κ1) is 22.3. The molecular formula is C27H21F2N3O3. The van der Waals surface area contributed by atoms with Crippen LogP contribution in [-0.4, -0.2) is 22.7 Å². The monoisotopic (exact) mass is 473 g/mol. The number of carbonyl (C=O) groups excluding carboxylic acids is 1. The molecule has 0 saturated carbocycles. The highest BCUT2D eigenvalue weighted by atomic mass is 19.1. The van der Waals surface area contributed by atoms with Crippen LogP contribution in [0.3, 0.4) is 0 Å². The van der Waals surface area contributed by atoms with Crippen molar-refractivity contribution in [2.24, 2.45) is 0 Å². The van der Waals surface area contributed by atoms with Gasteiger partial charge in [-0.2, -0.15) is 5.10 Å². The molecule has 0 radical (unpaired) electrons. The first-order valence-electron chi connectivity index (χ1n) is 11.0. The Morgan fingerprint density at radius 2 is 1.74 bits per heavy atom. The standard InChI is InChI=1S/C27H21F2N3O3/c1-2-34-24-13-10-16-6-3-4-7-18(16)25(24)27(33)30-26-19-14-17(11-12-23(19)31-32-26)35-15-20-21(28)8-5-9-22(20)29/h3-14H,2,15H2,1H3,(H2,30,31,32,33). The maximum absolute atomic E-state index is 13.9. The molecule has 1 amide bonds. The van der Waals surface area contributed by atoms with Gasteiger partial charge in [-0.3, -0.25) is 9.89 Å². The minimum atomic E-state index is -0.678. The van der Waals surface area contributed by atoms with Crippen LogP contribution < -0.4 is 14.8 Å². The molecule has 6 nitrogen and oxygen atoms in total. The van der Waals surface area contributed by atoms with Crippen LogP contribution in [0.25, 0.3) is 21.7 Å². The molecule has 4 aromatic carbocycles. The lowest BCUT2D eigenvalue weighted by atomic mass is 10.0. The number of nitrogens with zero attached hydrogens (tertiary/aromatic N) is 1. The molecule has 35 heavy (non-hydrogen) atoms. The van der Waals surface area contributed by atoms with Gasteiger partial charge >= 0.3 is 0 Å². The van der Waals surface area contributed by atoms with Crippen molar-refractivity contribution in [2.45, 2.75) is 13.5 Å². The molecule has 0 atom stereocenters. The molecule has 1 aromatic heterocycles. The largest absolute Gasteiger partial charge is 0.493 e. The lowest BCUT2D eigenvalue weighted by Crippen LogP contribution is -2.15. The fourth-order valence-electron chi connectivity index (χ4n) is 3.94. The summed E-state index contributed by atoms with van der Waals surface area (Å²) in [7, 11) is 0. The van der Waals surface area contributed by atoms with E-state index in [1.54, 1.807) is 24.3 Å². The van der Waals surface area contributed by atoms with Crippen LogP contribution in [0.2, 0.25) is 0 Å². The Bertz CT molecular complexity index is 1530. The van der Waals surface area contributed by atoms with Crippen LogP contribution in [0.15, 0.2) is 72.8 Å². The number of fused-ring (bicyclic) bond motifs is 2. The summed E-state index contributed by atoms with van der Waals surface area (Å²) in [5.74, 6) is -0.594. The molecule has 0 aliphatic carbocycles. The Morgan fingerprint density at radius 1 is 0.943 bits per heavy atom. The van der Waals surface area contributed by atoms with Crippen LogP contribution in [0.1, 0.15) is 22.8 Å². The summed E-state index contributed by atoms with van der Waals surface area (Å²) in [4.78, 5) is 13.4. The fraction of sp³-hybridized carbons (Fsp3) is 0.111. The third-order valence-corrected chi connectivity index (χ3v) is 5.63. The van der Waals surface area contributed by atoms with Crippen molar-refractivity contribution in [3.8, 4) is 11.5 Å². The maximum atomic E-state index is 13.9. The topological polar surface area (TPSA) is 76.2 Å². The Hall–Kier alpha value is -4.46. The van der Waals surface area contributed by atoms with E-state index in [4.69, 9.17) is 9.47 Å². The van der Waals surface area contributed by atoms with E-state index in [1.807, 2.05) is 37.3 Å². The average molecular weight is 473 g/mol. The molecule has 0 aliphatic heterocycles. The quantitative estimate of drug-likeness (QED) is 0.294. The highest BCUT2D eigenvalue weighted by molar-refractivity contribution is 6.16. The zero-order valence-corrected chi connectivity index (χ0v) is 18.8. The Morgan fingerprint density at radius 3 is 2.54 bits per heavy atom. The molecule has 1 heterocycles. The molecule has 5 rings (SSSR count). The summed E-state index contributed by atoms with van der Waals surface area (Å²) in [6, 6.07) is 19.9. The molecule has 0 saturated heterocycles. The zero-order valence-electron chi connectivity index (χ0n) is 18.8. The average Bonchev–Trinajstić information content (AvgIpc) is 3.25. The van der Waals surface area contributed by atoms with E-state index >= 15 is 0 Å². The maximum Gasteiger partial charge on any atom is 0.261 e. The first-order chi connectivity index (χ1) is 17.0. The van der Waals surface area contributed by atoms with Crippen LogP contribution in [-0.2, 0) is 6.61 Å². The van der Waals surface area contributed by atoms with Crippen molar-refractivity contribution in [2.75, 3.05) is 11.9 Å². The fourth-order valence-corrected chi connectivity index (χ4v) is 3.94. The summed E-state index contributed by atoms with van der Waals surface area (Å²) < 4.78 is 39.2. The third kappa shape index (κ3) is 4.38. The van der Waals surface area contributed by atoms with E-state index in [9.17, 15) is 13.6 Å². The van der Waals surface area contributed by atoms with E-state index in [0.29, 0.717) is 40.4 Å². The molecular weight excluding hydrogens is 452 g/mol. The summed E-state index contributed by atoms with van der Waals surface area (Å²) in [6.07, 6.45) is 0. The van der Waals surface area contributed by atoms with Gasteiger partial charge in [0.25, 0.3) is 5.91 Å². The highest BCUT2D eigenvalue weighted by Crippen LogP contribution is 2.31. The van der Waals surface area contributed by atoms with Crippen molar-refractivity contribution in [1.29, 1.82) is 0 Å². The molecule has 0 aliphatic rings. The summed E-state index contributed by atoms with van der Waals surface area (Å²) in [5, 5.41) is 12.2. The summed E-state index contributed by atoms with van der Waals surface area (Å²) in [5.41, 5.74) is 0.906. The Labute approximate surface area is 199 Å². The summed E-state index contributed by atoms with van der Waals surface area (Å²) in [6.45, 7) is 1.98. The van der Waals surface area contributed by atoms with E-state index < -0.39 is 11.6 Å². The van der Waals surface area contributed by atoms with Crippen LogP contribution in [0.4, 0.5) is 14.6 Å². The van der Waals surface area contributed by atoms with Crippen molar-refractivity contribution in [3.63, 3.8) is 0 Å². The number of amides is 1. The lowest BCUT2D eigenvalue weighted by Gasteiger charge is -2.13. The van der Waals surface area contributed by atoms with Gasteiger partial charge in [-0.1, -0.05) is 36.4 Å². The minimum absolute atomic E-state index is 0.160. The Balaban J connectivity index is 1.44. The smallest absolute Gasteiger partial charge is 0.261 e. The second-order valence-electron chi connectivity index (χ2n) is 7.82. The zero-order chi connectivity index (χ0) is 24.4. The summed E-state index contributed by atoms with van der Waals surface area (Å²) >= 11 is 0. The number of H-pyrrole nitrogens is 1. The molecule has 8 heteroatoms. The molecule has 0 unspecified atom stereocenters. The second kappa shape index (κ2) is 9.42. The van der Waals surface area contributed by atoms with Crippen LogP contribution >= 0.6 is 0 Å². The number of halogens is 2. The normalized spacial score (nSPS) is 11.1. The Kier molecular flexibility index (Phi) is 6.01. The molecule has 5 aromatic rings. The van der Waals surface area contributed by atoms with Crippen LogP contribution in [0.5, 0.6) is 11.5 Å². The van der Waals surface area contributed by atoms with E-state index in [-0.39, 0.29) is 18.1 Å². The molecule has 176 valence electrons. The van der Waals surface area contributed by atoms with Gasteiger partial charge in [0.1, 0.15) is 29.7 Å². The predicted octanol–water partition coefficient (Wildman–Crippen LogP) is 6.22. The number of aromatic nitrogens is 2. The molecule has 0 fully saturated rings. The van der Waals surface area contributed by atoms with E-state index in [1.165, 1.54) is 18.2 Å². The second-order valence-corrected chi connectivity index (χ2v) is 7.82. The van der Waals surface area contributed by atoms with Crippen LogP contribution in [0, 0.1) is 11.6 Å². The van der Waals surface area contributed by atoms with Crippen molar-refractivity contribution < 1.29 is 23.0 Å². The number of rotatable bonds is 7. The van der Waals surface area contributed by atoms with Gasteiger partial charge < -0.3 is 14.8 Å². The van der Waals surface area contributed by atoms with Gasteiger partial charge in [-0.15, -0.1) is 0 Å². The molecule has 2 N–H and O–H groups in total. The first-order valence-corrected chi connectivity index (χ1v) is 11.0. The van der Waals surface area contributed by atoms with Crippen molar-refractivity contribution in [3.05, 3.63) is 95.6 Å². The van der Waals surface area contributed by atoms with Crippen molar-refractivity contribution >= 4 is 33.4 Å². The predicted molar refractivity (Wildman–Crippen MR) is 130 cm³/mol. The lowest BCUT2D eigenvalue weighted by molar-refractivity contribution is 0.102. The van der Waals surface area contributed by atoms with Gasteiger partial charge in [0.15, 0.2) is 5.82 Å². The minimum Gasteiger partial charge on any atom is -0.493 e. The van der Waals surface area contributed by atoms with Gasteiger partial charge in [0.2, 0.25) is 0 Å². The highest BCUT2D eigenvalue weighted by Gasteiger charge is 2.19. The van der Waals surface area contributed by atoms with Gasteiger partial charge in [0, 0.05) is 5.39 Å². The van der Waals surface area contributed by atoms with Crippen molar-refractivity contribution in [1.82, 2.24) is 10.2 Å². The molecule has 0 bridgehead atoms. The van der Waals surface area contributed by atoms with Gasteiger partial charge in [-0.25, -0.2) is 8.78 Å². The number of aromatic amines is 1. The number of nitrogens with one attached hydrogen (secondary N) is 2. The number of hydrogen-bond donors (Lipinski definition) is 2.